The van der Waals surface area contributed by atoms with Crippen molar-refractivity contribution in [3.63, 3.8) is 0 Å². The van der Waals surface area contributed by atoms with E-state index in [1.54, 1.807) is 57.4 Å². The molecule has 3 heterocycles. The standard InChI is InChI=1S/C24H23ClN2O6/c1-4-32-21(28)19-17-12-33-18-11-15(31-3)8-9-16(18)20(17)27-23(30)26(22(29)24(19,27)2)14-7-5-6-13(25)10-14/h5-11,17,19-20H,4,12H2,1-3H3/t17-,19+,20+,24+/m1/s1. The highest BCUT2D eigenvalue weighted by Gasteiger charge is 2.72. The van der Waals surface area contributed by atoms with Crippen molar-refractivity contribution in [3.05, 3.63) is 53.1 Å². The maximum atomic E-state index is 13.9. The number of ether oxygens (including phenoxy) is 3. The molecule has 3 aliphatic rings. The quantitative estimate of drug-likeness (QED) is 0.499. The van der Waals surface area contributed by atoms with Gasteiger partial charge in [-0.3, -0.25) is 9.59 Å². The molecular formula is C24H23ClN2O6. The fraction of sp³-hybridized carbons (Fsp3) is 0.375. The minimum Gasteiger partial charge on any atom is -0.497 e. The van der Waals surface area contributed by atoms with Crippen molar-refractivity contribution in [2.45, 2.75) is 25.4 Å². The number of benzene rings is 2. The molecule has 33 heavy (non-hydrogen) atoms. The highest BCUT2D eigenvalue weighted by Crippen LogP contribution is 2.58. The first-order valence-corrected chi connectivity index (χ1v) is 11.1. The number of rotatable bonds is 4. The summed E-state index contributed by atoms with van der Waals surface area (Å²) in [5.41, 5.74) is -0.361. The van der Waals surface area contributed by atoms with Gasteiger partial charge in [0, 0.05) is 22.6 Å². The molecule has 3 aliphatic heterocycles. The minimum absolute atomic E-state index is 0.164. The summed E-state index contributed by atoms with van der Waals surface area (Å²) >= 11 is 6.14. The van der Waals surface area contributed by atoms with E-state index in [4.69, 9.17) is 25.8 Å². The lowest BCUT2D eigenvalue weighted by molar-refractivity contribution is -0.154. The molecule has 172 valence electrons. The molecular weight excluding hydrogens is 448 g/mol. The first-order valence-electron chi connectivity index (χ1n) is 10.7. The smallest absolute Gasteiger partial charge is 0.332 e. The number of hydrogen-bond donors (Lipinski definition) is 0. The number of hydrogen-bond acceptors (Lipinski definition) is 6. The Labute approximate surface area is 195 Å². The number of amides is 3. The van der Waals surface area contributed by atoms with Gasteiger partial charge < -0.3 is 19.1 Å². The van der Waals surface area contributed by atoms with Crippen LogP contribution < -0.4 is 14.4 Å². The van der Waals surface area contributed by atoms with E-state index < -0.39 is 41.3 Å². The molecule has 2 saturated heterocycles. The summed E-state index contributed by atoms with van der Waals surface area (Å²) in [5.74, 6) is -1.17. The van der Waals surface area contributed by atoms with E-state index >= 15 is 0 Å². The average molecular weight is 471 g/mol. The molecule has 3 amide bonds. The van der Waals surface area contributed by atoms with Gasteiger partial charge in [0.15, 0.2) is 0 Å². The van der Waals surface area contributed by atoms with Gasteiger partial charge in [-0.25, -0.2) is 9.69 Å². The van der Waals surface area contributed by atoms with E-state index in [9.17, 15) is 14.4 Å². The van der Waals surface area contributed by atoms with E-state index in [1.165, 1.54) is 4.90 Å². The highest BCUT2D eigenvalue weighted by molar-refractivity contribution is 6.31. The number of carbonyl (C=O) groups excluding carboxylic acids is 3. The number of imide groups is 1. The lowest BCUT2D eigenvalue weighted by Crippen LogP contribution is -2.51. The van der Waals surface area contributed by atoms with Crippen molar-refractivity contribution >= 4 is 35.2 Å². The molecule has 8 nitrogen and oxygen atoms in total. The lowest BCUT2D eigenvalue weighted by Gasteiger charge is -2.34. The Morgan fingerprint density at radius 1 is 1.24 bits per heavy atom. The zero-order chi connectivity index (χ0) is 23.5. The number of carbonyl (C=O) groups is 3. The second-order valence-electron chi connectivity index (χ2n) is 8.47. The zero-order valence-electron chi connectivity index (χ0n) is 18.4. The van der Waals surface area contributed by atoms with Gasteiger partial charge in [-0.15, -0.1) is 0 Å². The van der Waals surface area contributed by atoms with Gasteiger partial charge in [-0.2, -0.15) is 0 Å². The average Bonchev–Trinajstić information content (AvgIpc) is 3.18. The van der Waals surface area contributed by atoms with Gasteiger partial charge in [0.1, 0.15) is 17.0 Å². The summed E-state index contributed by atoms with van der Waals surface area (Å²) in [4.78, 5) is 43.5. The van der Waals surface area contributed by atoms with Crippen molar-refractivity contribution < 1.29 is 28.6 Å². The van der Waals surface area contributed by atoms with Crippen molar-refractivity contribution in [2.75, 3.05) is 25.2 Å². The Morgan fingerprint density at radius 2 is 2.03 bits per heavy atom. The molecule has 2 aromatic rings. The number of nitrogens with zero attached hydrogens (tertiary/aromatic N) is 2. The van der Waals surface area contributed by atoms with E-state index in [0.717, 1.165) is 10.5 Å². The molecule has 2 aromatic carbocycles. The minimum atomic E-state index is -1.44. The van der Waals surface area contributed by atoms with E-state index in [0.29, 0.717) is 22.2 Å². The van der Waals surface area contributed by atoms with Crippen LogP contribution in [0.4, 0.5) is 10.5 Å². The van der Waals surface area contributed by atoms with Gasteiger partial charge >= 0.3 is 12.0 Å². The van der Waals surface area contributed by atoms with Crippen LogP contribution in [0.3, 0.4) is 0 Å². The summed E-state index contributed by atoms with van der Waals surface area (Å²) < 4.78 is 16.7. The first-order chi connectivity index (χ1) is 15.8. The van der Waals surface area contributed by atoms with Crippen molar-refractivity contribution in [1.82, 2.24) is 4.90 Å². The predicted octanol–water partition coefficient (Wildman–Crippen LogP) is 3.82. The normalized spacial score (nSPS) is 27.6. The van der Waals surface area contributed by atoms with Gasteiger partial charge in [0.25, 0.3) is 5.91 Å². The number of anilines is 1. The van der Waals surface area contributed by atoms with Crippen LogP contribution in [0.2, 0.25) is 5.02 Å². The second kappa shape index (κ2) is 7.66. The summed E-state index contributed by atoms with van der Waals surface area (Å²) in [6, 6.07) is 10.8. The van der Waals surface area contributed by atoms with Crippen LogP contribution in [-0.4, -0.2) is 48.7 Å². The van der Waals surface area contributed by atoms with E-state index in [2.05, 4.69) is 0 Å². The summed E-state index contributed by atoms with van der Waals surface area (Å²) in [5, 5.41) is 0.397. The third-order valence-electron chi connectivity index (χ3n) is 6.83. The second-order valence-corrected chi connectivity index (χ2v) is 8.91. The molecule has 0 aromatic heterocycles. The largest absolute Gasteiger partial charge is 0.497 e. The summed E-state index contributed by atoms with van der Waals surface area (Å²) in [6.07, 6.45) is 0. The van der Waals surface area contributed by atoms with Crippen molar-refractivity contribution in [1.29, 1.82) is 0 Å². The maximum Gasteiger partial charge on any atom is 0.332 e. The highest BCUT2D eigenvalue weighted by atomic mass is 35.5. The van der Waals surface area contributed by atoms with Crippen LogP contribution in [0.25, 0.3) is 0 Å². The van der Waals surface area contributed by atoms with E-state index in [-0.39, 0.29) is 13.2 Å². The van der Waals surface area contributed by atoms with Crippen LogP contribution in [0.15, 0.2) is 42.5 Å². The molecule has 0 bridgehead atoms. The molecule has 5 rings (SSSR count). The number of urea groups is 1. The summed E-state index contributed by atoms with van der Waals surface area (Å²) in [7, 11) is 1.56. The Balaban J connectivity index is 1.68. The molecule has 2 fully saturated rings. The maximum absolute atomic E-state index is 13.9. The first kappa shape index (κ1) is 21.6. The molecule has 4 atom stereocenters. The molecule has 0 aliphatic carbocycles. The predicted molar refractivity (Wildman–Crippen MR) is 119 cm³/mol. The fourth-order valence-electron chi connectivity index (χ4n) is 5.44. The zero-order valence-corrected chi connectivity index (χ0v) is 19.2. The topological polar surface area (TPSA) is 85.4 Å². The van der Waals surface area contributed by atoms with E-state index in [1.807, 2.05) is 6.07 Å². The molecule has 0 N–H and O–H groups in total. The Kier molecular flexibility index (Phi) is 5.01. The SMILES string of the molecule is CCOC(=O)[C@@H]1[C@H]2COc3cc(OC)ccc3[C@@H]2N2C(=O)N(c3cccc(Cl)c3)C(=O)[C@]12C. The van der Waals surface area contributed by atoms with Gasteiger partial charge in [0.05, 0.1) is 38.0 Å². The van der Waals surface area contributed by atoms with Gasteiger partial charge in [-0.1, -0.05) is 17.7 Å². The number of methoxy groups -OCH3 is 1. The lowest BCUT2D eigenvalue weighted by atomic mass is 9.77. The number of fused-ring (bicyclic) bond motifs is 5. The van der Waals surface area contributed by atoms with Crippen LogP contribution >= 0.6 is 11.6 Å². The molecule has 0 saturated carbocycles. The molecule has 0 unspecified atom stereocenters. The third-order valence-corrected chi connectivity index (χ3v) is 7.06. The van der Waals surface area contributed by atoms with Gasteiger partial charge in [-0.05, 0) is 44.2 Å². The summed E-state index contributed by atoms with van der Waals surface area (Å²) in [6.45, 7) is 3.68. The van der Waals surface area contributed by atoms with Crippen LogP contribution in [0.5, 0.6) is 11.5 Å². The van der Waals surface area contributed by atoms with Crippen molar-refractivity contribution in [3.8, 4) is 11.5 Å². The Morgan fingerprint density at radius 3 is 2.73 bits per heavy atom. The Bertz CT molecular complexity index is 1170. The van der Waals surface area contributed by atoms with Gasteiger partial charge in [0.2, 0.25) is 0 Å². The molecule has 0 spiro atoms. The molecule has 0 radical (unpaired) electrons. The van der Waals surface area contributed by atoms with Crippen LogP contribution in [0.1, 0.15) is 25.5 Å². The number of halogens is 1. The third kappa shape index (κ3) is 2.93. The van der Waals surface area contributed by atoms with Crippen LogP contribution in [-0.2, 0) is 14.3 Å². The molecule has 9 heteroatoms. The fourth-order valence-corrected chi connectivity index (χ4v) is 5.62. The monoisotopic (exact) mass is 470 g/mol. The van der Waals surface area contributed by atoms with Crippen LogP contribution in [0, 0.1) is 11.8 Å². The number of esters is 1. The van der Waals surface area contributed by atoms with Crippen molar-refractivity contribution in [2.24, 2.45) is 11.8 Å². The Hall–Kier alpha value is -3.26.